The standard InChI is InChI=1S/C33H44N4O6S/c1-6-7-14-30(38)37(21-27-11-10-19-42-27)31(22(2)3)32(39)34-20-25-15-17-26(18-16-25)28-12-8-9-13-29(28)44(40,41)36-33-23(4)24(5)35-43-33/h8-9,12-13,15-18,22,27,31,36H,6-7,10-11,14,19-21H2,1-5H3,(H,34,39)/t27?,31-/m0/s1. The lowest BCUT2D eigenvalue weighted by molar-refractivity contribution is -0.144. The molecule has 1 aliphatic rings. The normalized spacial score (nSPS) is 15.7. The Kier molecular flexibility index (Phi) is 11.2. The first-order chi connectivity index (χ1) is 21.0. The van der Waals surface area contributed by atoms with Gasteiger partial charge in [-0.2, -0.15) is 0 Å². The first-order valence-electron chi connectivity index (χ1n) is 15.3. The van der Waals surface area contributed by atoms with Crippen LogP contribution < -0.4 is 10.0 Å². The molecule has 2 heterocycles. The molecular formula is C33H44N4O6S. The monoisotopic (exact) mass is 624 g/mol. The number of aryl methyl sites for hydroxylation is 1. The Balaban J connectivity index is 1.47. The molecule has 1 saturated heterocycles. The summed E-state index contributed by atoms with van der Waals surface area (Å²) in [5.74, 6) is -0.213. The molecule has 0 aliphatic carbocycles. The highest BCUT2D eigenvalue weighted by molar-refractivity contribution is 7.92. The topological polar surface area (TPSA) is 131 Å². The largest absolute Gasteiger partial charge is 0.376 e. The number of carbonyl (C=O) groups excluding carboxylic acids is 2. The minimum absolute atomic E-state index is 0.0164. The molecule has 0 saturated carbocycles. The van der Waals surface area contributed by atoms with Crippen LogP contribution in [0.2, 0.25) is 0 Å². The van der Waals surface area contributed by atoms with E-state index >= 15 is 0 Å². The van der Waals surface area contributed by atoms with Crippen molar-refractivity contribution in [2.24, 2.45) is 5.92 Å². The number of benzene rings is 2. The van der Waals surface area contributed by atoms with Crippen molar-refractivity contribution in [2.75, 3.05) is 17.9 Å². The Hall–Kier alpha value is -3.70. The summed E-state index contributed by atoms with van der Waals surface area (Å²) in [7, 11) is -3.96. The number of hydrogen-bond acceptors (Lipinski definition) is 7. The summed E-state index contributed by atoms with van der Waals surface area (Å²) in [6.07, 6.45) is 3.89. The highest BCUT2D eigenvalue weighted by Crippen LogP contribution is 2.30. The van der Waals surface area contributed by atoms with Crippen molar-refractivity contribution in [2.45, 2.75) is 90.3 Å². The van der Waals surface area contributed by atoms with Gasteiger partial charge in [-0.25, -0.2) is 13.1 Å². The van der Waals surface area contributed by atoms with Gasteiger partial charge in [-0.3, -0.25) is 9.59 Å². The number of carbonyl (C=O) groups is 2. The number of unbranched alkanes of at least 4 members (excludes halogenated alkanes) is 1. The summed E-state index contributed by atoms with van der Waals surface area (Å²) in [6, 6.07) is 13.5. The molecule has 238 valence electrons. The minimum Gasteiger partial charge on any atom is -0.376 e. The Morgan fingerprint density at radius 3 is 2.43 bits per heavy atom. The summed E-state index contributed by atoms with van der Waals surface area (Å²) in [4.78, 5) is 28.6. The molecule has 11 heteroatoms. The van der Waals surface area contributed by atoms with E-state index in [0.29, 0.717) is 42.0 Å². The van der Waals surface area contributed by atoms with E-state index in [1.54, 1.807) is 43.0 Å². The molecule has 0 spiro atoms. The van der Waals surface area contributed by atoms with E-state index < -0.39 is 16.1 Å². The lowest BCUT2D eigenvalue weighted by Gasteiger charge is -2.35. The van der Waals surface area contributed by atoms with Crippen LogP contribution >= 0.6 is 0 Å². The van der Waals surface area contributed by atoms with Crippen LogP contribution in [0.15, 0.2) is 57.9 Å². The Bertz CT molecular complexity index is 1530. The molecule has 2 N–H and O–H groups in total. The molecule has 1 unspecified atom stereocenters. The number of sulfonamides is 1. The highest BCUT2D eigenvalue weighted by Gasteiger charge is 2.34. The highest BCUT2D eigenvalue weighted by atomic mass is 32.2. The van der Waals surface area contributed by atoms with Gasteiger partial charge >= 0.3 is 0 Å². The SMILES string of the molecule is CCCCC(=O)N(CC1CCCO1)[C@H](C(=O)NCc1ccc(-c2ccccc2S(=O)(=O)Nc2onc(C)c2C)cc1)C(C)C. The lowest BCUT2D eigenvalue weighted by Crippen LogP contribution is -2.54. The fourth-order valence-electron chi connectivity index (χ4n) is 5.38. The van der Waals surface area contributed by atoms with Crippen molar-refractivity contribution in [3.8, 4) is 11.1 Å². The second-order valence-electron chi connectivity index (χ2n) is 11.7. The average Bonchev–Trinajstić information content (AvgIpc) is 3.64. The summed E-state index contributed by atoms with van der Waals surface area (Å²) in [6.45, 7) is 10.8. The van der Waals surface area contributed by atoms with Gasteiger partial charge in [0.2, 0.25) is 17.7 Å². The molecule has 10 nitrogen and oxygen atoms in total. The van der Waals surface area contributed by atoms with Crippen molar-refractivity contribution < 1.29 is 27.3 Å². The average molecular weight is 625 g/mol. The predicted octanol–water partition coefficient (Wildman–Crippen LogP) is 5.60. The molecule has 3 aromatic rings. The van der Waals surface area contributed by atoms with Gasteiger partial charge in [0.1, 0.15) is 6.04 Å². The van der Waals surface area contributed by atoms with Crippen molar-refractivity contribution in [3.05, 3.63) is 65.4 Å². The Labute approximate surface area is 260 Å². The maximum Gasteiger partial charge on any atom is 0.264 e. The lowest BCUT2D eigenvalue weighted by atomic mass is 9.99. The van der Waals surface area contributed by atoms with Crippen LogP contribution in [-0.2, 0) is 30.9 Å². The van der Waals surface area contributed by atoms with Gasteiger partial charge in [-0.1, -0.05) is 74.8 Å². The minimum atomic E-state index is -3.96. The van der Waals surface area contributed by atoms with E-state index in [4.69, 9.17) is 9.26 Å². The number of nitrogens with zero attached hydrogens (tertiary/aromatic N) is 2. The molecule has 1 aliphatic heterocycles. The van der Waals surface area contributed by atoms with Gasteiger partial charge in [-0.15, -0.1) is 0 Å². The maximum absolute atomic E-state index is 13.5. The summed E-state index contributed by atoms with van der Waals surface area (Å²) in [5.41, 5.74) is 3.31. The van der Waals surface area contributed by atoms with Crippen molar-refractivity contribution >= 4 is 27.7 Å². The smallest absolute Gasteiger partial charge is 0.264 e. The molecular weight excluding hydrogens is 580 g/mol. The van der Waals surface area contributed by atoms with E-state index in [1.165, 1.54) is 0 Å². The third-order valence-electron chi connectivity index (χ3n) is 8.02. The molecule has 1 fully saturated rings. The zero-order valence-corrected chi connectivity index (χ0v) is 27.1. The van der Waals surface area contributed by atoms with Crippen LogP contribution in [0.4, 0.5) is 5.88 Å². The van der Waals surface area contributed by atoms with Gasteiger partial charge < -0.3 is 19.5 Å². The molecule has 0 bridgehead atoms. The van der Waals surface area contributed by atoms with E-state index in [-0.39, 0.29) is 41.2 Å². The molecule has 2 atom stereocenters. The second-order valence-corrected chi connectivity index (χ2v) is 13.4. The van der Waals surface area contributed by atoms with Crippen LogP contribution in [0, 0.1) is 19.8 Å². The van der Waals surface area contributed by atoms with Crippen molar-refractivity contribution in [3.63, 3.8) is 0 Å². The summed E-state index contributed by atoms with van der Waals surface area (Å²) < 4.78 is 40.1. The van der Waals surface area contributed by atoms with E-state index in [1.807, 2.05) is 45.0 Å². The van der Waals surface area contributed by atoms with E-state index in [2.05, 4.69) is 15.2 Å². The first-order valence-corrected chi connectivity index (χ1v) is 16.8. The zero-order chi connectivity index (χ0) is 31.9. The van der Waals surface area contributed by atoms with Gasteiger partial charge in [0.05, 0.1) is 16.7 Å². The predicted molar refractivity (Wildman–Crippen MR) is 169 cm³/mol. The van der Waals surface area contributed by atoms with Crippen LogP contribution in [0.25, 0.3) is 11.1 Å². The van der Waals surface area contributed by atoms with Crippen LogP contribution in [0.3, 0.4) is 0 Å². The zero-order valence-electron chi connectivity index (χ0n) is 26.3. The molecule has 0 radical (unpaired) electrons. The van der Waals surface area contributed by atoms with E-state index in [0.717, 1.165) is 31.2 Å². The third kappa shape index (κ3) is 8.06. The number of aromatic nitrogens is 1. The van der Waals surface area contributed by atoms with Crippen LogP contribution in [0.1, 0.15) is 69.7 Å². The van der Waals surface area contributed by atoms with Gasteiger partial charge in [0.15, 0.2) is 0 Å². The quantitative estimate of drug-likeness (QED) is 0.239. The van der Waals surface area contributed by atoms with Gasteiger partial charge in [0, 0.05) is 37.2 Å². The molecule has 2 amide bonds. The summed E-state index contributed by atoms with van der Waals surface area (Å²) in [5, 5.41) is 6.86. The van der Waals surface area contributed by atoms with E-state index in [9.17, 15) is 18.0 Å². The number of ether oxygens (including phenoxy) is 1. The van der Waals surface area contributed by atoms with Gasteiger partial charge in [-0.05, 0) is 56.2 Å². The Morgan fingerprint density at radius 2 is 1.82 bits per heavy atom. The first kappa shape index (κ1) is 33.2. The third-order valence-corrected chi connectivity index (χ3v) is 9.41. The molecule has 1 aromatic heterocycles. The van der Waals surface area contributed by atoms with Crippen molar-refractivity contribution in [1.29, 1.82) is 0 Å². The number of amides is 2. The van der Waals surface area contributed by atoms with Crippen molar-refractivity contribution in [1.82, 2.24) is 15.4 Å². The number of anilines is 1. The van der Waals surface area contributed by atoms with Crippen LogP contribution in [-0.4, -0.2) is 55.6 Å². The number of nitrogens with one attached hydrogen (secondary N) is 2. The molecule has 44 heavy (non-hydrogen) atoms. The fraction of sp³-hybridized carbons (Fsp3) is 0.485. The van der Waals surface area contributed by atoms with Gasteiger partial charge in [0.25, 0.3) is 10.0 Å². The number of hydrogen-bond donors (Lipinski definition) is 2. The van der Waals surface area contributed by atoms with Crippen LogP contribution in [0.5, 0.6) is 0 Å². The number of rotatable bonds is 14. The summed E-state index contributed by atoms with van der Waals surface area (Å²) >= 11 is 0. The molecule has 4 rings (SSSR count). The maximum atomic E-state index is 13.5. The second kappa shape index (κ2) is 14.9. The Morgan fingerprint density at radius 1 is 1.09 bits per heavy atom. The molecule has 2 aromatic carbocycles. The fourth-order valence-corrected chi connectivity index (χ4v) is 6.65.